The lowest BCUT2D eigenvalue weighted by Crippen LogP contribution is -2.15. The number of halogens is 1. The van der Waals surface area contributed by atoms with E-state index in [1.54, 1.807) is 10.8 Å². The zero-order valence-corrected chi connectivity index (χ0v) is 15.8. The zero-order chi connectivity index (χ0) is 18.5. The molecule has 0 amide bonds. The fourth-order valence-corrected chi connectivity index (χ4v) is 3.45. The number of H-pyrrole nitrogens is 1. The van der Waals surface area contributed by atoms with Gasteiger partial charge in [0.05, 0.1) is 28.4 Å². The van der Waals surface area contributed by atoms with E-state index in [9.17, 15) is 4.79 Å². The van der Waals surface area contributed by atoms with Crippen LogP contribution in [-0.4, -0.2) is 14.5 Å². The van der Waals surface area contributed by atoms with E-state index in [0.29, 0.717) is 5.52 Å². The molecule has 0 aliphatic heterocycles. The molecule has 0 saturated carbocycles. The van der Waals surface area contributed by atoms with Crippen molar-refractivity contribution in [3.8, 4) is 5.69 Å². The highest BCUT2D eigenvalue weighted by molar-refractivity contribution is 9.10. The van der Waals surface area contributed by atoms with Crippen LogP contribution in [0.25, 0.3) is 32.5 Å². The molecule has 0 fully saturated rings. The summed E-state index contributed by atoms with van der Waals surface area (Å²) in [5.74, 6) is 0. The van der Waals surface area contributed by atoms with Crippen molar-refractivity contribution >= 4 is 37.9 Å². The lowest BCUT2D eigenvalue weighted by Gasteiger charge is -2.12. The van der Waals surface area contributed by atoms with Crippen LogP contribution in [0.15, 0.2) is 57.9 Å². The van der Waals surface area contributed by atoms with Gasteiger partial charge in [-0.05, 0) is 42.5 Å². The van der Waals surface area contributed by atoms with Crippen LogP contribution in [0, 0.1) is 6.57 Å². The molecule has 6 heteroatoms. The maximum absolute atomic E-state index is 12.6. The molecular weight excluding hydrogens is 392 g/mol. The Kier molecular flexibility index (Phi) is 3.70. The maximum Gasteiger partial charge on any atom is 0.331 e. The van der Waals surface area contributed by atoms with Gasteiger partial charge in [-0.1, -0.05) is 15.9 Å². The van der Waals surface area contributed by atoms with Crippen molar-refractivity contribution in [2.45, 2.75) is 19.4 Å². The van der Waals surface area contributed by atoms with E-state index < -0.39 is 5.54 Å². The van der Waals surface area contributed by atoms with Gasteiger partial charge < -0.3 is 9.83 Å². The van der Waals surface area contributed by atoms with Gasteiger partial charge in [-0.15, -0.1) is 0 Å². The van der Waals surface area contributed by atoms with Crippen LogP contribution in [0.5, 0.6) is 0 Å². The Morgan fingerprint density at radius 3 is 2.62 bits per heavy atom. The van der Waals surface area contributed by atoms with E-state index in [1.807, 2.05) is 56.3 Å². The number of pyridine rings is 1. The minimum Gasteiger partial charge on any atom is -0.306 e. The summed E-state index contributed by atoms with van der Waals surface area (Å²) in [6.07, 6.45) is 1.68. The van der Waals surface area contributed by atoms with Gasteiger partial charge in [-0.3, -0.25) is 9.55 Å². The van der Waals surface area contributed by atoms with Crippen molar-refractivity contribution in [2.75, 3.05) is 0 Å². The van der Waals surface area contributed by atoms with Crippen LogP contribution in [-0.2, 0) is 5.54 Å². The standard InChI is InChI=1S/C20H15BrN4O/c1-20(2,22-3)12-4-7-14(8-5-12)25-18-15-10-13(21)6-9-16(15)23-11-17(18)24-19(25)26/h4-11H,1-2H3,(H,24,26). The van der Waals surface area contributed by atoms with Crippen molar-refractivity contribution in [1.29, 1.82) is 0 Å². The van der Waals surface area contributed by atoms with Crippen LogP contribution < -0.4 is 5.69 Å². The molecule has 128 valence electrons. The average molecular weight is 407 g/mol. The molecule has 0 aliphatic carbocycles. The Morgan fingerprint density at radius 1 is 1.19 bits per heavy atom. The topological polar surface area (TPSA) is 55.0 Å². The number of fused-ring (bicyclic) bond motifs is 3. The van der Waals surface area contributed by atoms with E-state index in [2.05, 4.69) is 30.7 Å². The fourth-order valence-electron chi connectivity index (χ4n) is 3.09. The van der Waals surface area contributed by atoms with Crippen molar-refractivity contribution < 1.29 is 0 Å². The maximum atomic E-state index is 12.6. The first-order valence-corrected chi connectivity index (χ1v) is 8.88. The quantitative estimate of drug-likeness (QED) is 0.486. The Hall–Kier alpha value is -2.91. The minimum absolute atomic E-state index is 0.216. The SMILES string of the molecule is [C-]#[N+]C(C)(C)c1ccc(-n2c(=O)[nH]c3cnc4ccc(Br)cc4c32)cc1. The van der Waals surface area contributed by atoms with Gasteiger partial charge in [-0.25, -0.2) is 11.4 Å². The third-order valence-electron chi connectivity index (χ3n) is 4.58. The zero-order valence-electron chi connectivity index (χ0n) is 14.2. The number of hydrogen-bond donors (Lipinski definition) is 1. The van der Waals surface area contributed by atoms with Gasteiger partial charge in [0.2, 0.25) is 0 Å². The normalized spacial score (nSPS) is 11.8. The van der Waals surface area contributed by atoms with E-state index in [1.165, 1.54) is 0 Å². The van der Waals surface area contributed by atoms with Gasteiger partial charge in [0.1, 0.15) is 0 Å². The summed E-state index contributed by atoms with van der Waals surface area (Å²) in [5, 5.41) is 0.890. The number of nitrogens with one attached hydrogen (secondary N) is 1. The lowest BCUT2D eigenvalue weighted by atomic mass is 9.95. The number of aromatic nitrogens is 3. The molecule has 1 N–H and O–H groups in total. The van der Waals surface area contributed by atoms with Crippen LogP contribution >= 0.6 is 15.9 Å². The summed E-state index contributed by atoms with van der Waals surface area (Å²) < 4.78 is 2.58. The molecule has 0 aliphatic rings. The molecule has 0 unspecified atom stereocenters. The van der Waals surface area contributed by atoms with Crippen LogP contribution in [0.1, 0.15) is 19.4 Å². The number of aromatic amines is 1. The summed E-state index contributed by atoms with van der Waals surface area (Å²) >= 11 is 3.49. The fraction of sp³-hybridized carbons (Fsp3) is 0.150. The molecule has 26 heavy (non-hydrogen) atoms. The molecule has 5 nitrogen and oxygen atoms in total. The Bertz CT molecular complexity index is 1240. The number of imidazole rings is 1. The predicted molar refractivity (Wildman–Crippen MR) is 107 cm³/mol. The summed E-state index contributed by atoms with van der Waals surface area (Å²) in [5.41, 5.74) is 3.15. The summed E-state index contributed by atoms with van der Waals surface area (Å²) in [4.78, 5) is 23.6. The molecule has 0 spiro atoms. The number of rotatable bonds is 2. The van der Waals surface area contributed by atoms with Crippen LogP contribution in [0.4, 0.5) is 0 Å². The monoisotopic (exact) mass is 406 g/mol. The summed E-state index contributed by atoms with van der Waals surface area (Å²) in [7, 11) is 0. The van der Waals surface area contributed by atoms with E-state index >= 15 is 0 Å². The second kappa shape index (κ2) is 5.82. The number of benzene rings is 2. The lowest BCUT2D eigenvalue weighted by molar-refractivity contribution is 0.664. The smallest absolute Gasteiger partial charge is 0.306 e. The third kappa shape index (κ3) is 2.52. The molecule has 0 radical (unpaired) electrons. The highest BCUT2D eigenvalue weighted by Crippen LogP contribution is 2.28. The van der Waals surface area contributed by atoms with E-state index in [4.69, 9.17) is 6.57 Å². The highest BCUT2D eigenvalue weighted by atomic mass is 79.9. The van der Waals surface area contributed by atoms with Gasteiger partial charge in [0.25, 0.3) is 5.54 Å². The third-order valence-corrected chi connectivity index (χ3v) is 5.07. The molecule has 4 aromatic rings. The summed E-state index contributed by atoms with van der Waals surface area (Å²) in [6.45, 7) is 11.1. The first kappa shape index (κ1) is 16.6. The molecule has 0 bridgehead atoms. The van der Waals surface area contributed by atoms with Crippen molar-refractivity contribution in [3.05, 3.63) is 80.6 Å². The molecule has 0 atom stereocenters. The van der Waals surface area contributed by atoms with E-state index in [0.717, 1.165) is 32.1 Å². The Balaban J connectivity index is 2.00. The largest absolute Gasteiger partial charge is 0.331 e. The first-order chi connectivity index (χ1) is 12.4. The number of hydrogen-bond acceptors (Lipinski definition) is 2. The molecule has 4 rings (SSSR count). The van der Waals surface area contributed by atoms with Crippen molar-refractivity contribution in [3.63, 3.8) is 0 Å². The van der Waals surface area contributed by atoms with Gasteiger partial charge in [0.15, 0.2) is 0 Å². The minimum atomic E-state index is -0.592. The van der Waals surface area contributed by atoms with Gasteiger partial charge in [0, 0.05) is 29.3 Å². The molecule has 0 saturated heterocycles. The van der Waals surface area contributed by atoms with Gasteiger partial charge >= 0.3 is 5.69 Å². The Labute approximate surface area is 158 Å². The predicted octanol–water partition coefficient (Wildman–Crippen LogP) is 4.78. The van der Waals surface area contributed by atoms with Gasteiger partial charge in [-0.2, -0.15) is 0 Å². The molecule has 2 aromatic heterocycles. The highest BCUT2D eigenvalue weighted by Gasteiger charge is 2.25. The second-order valence-electron chi connectivity index (χ2n) is 6.67. The molecular formula is C20H15BrN4O. The second-order valence-corrected chi connectivity index (χ2v) is 7.58. The van der Waals surface area contributed by atoms with Crippen molar-refractivity contribution in [2.24, 2.45) is 0 Å². The van der Waals surface area contributed by atoms with E-state index in [-0.39, 0.29) is 5.69 Å². The Morgan fingerprint density at radius 2 is 1.92 bits per heavy atom. The average Bonchev–Trinajstić information content (AvgIpc) is 2.98. The van der Waals surface area contributed by atoms with Crippen LogP contribution in [0.3, 0.4) is 0 Å². The number of nitrogens with zero attached hydrogens (tertiary/aromatic N) is 3. The molecule has 2 heterocycles. The summed E-state index contributed by atoms with van der Waals surface area (Å²) in [6, 6.07) is 13.4. The first-order valence-electron chi connectivity index (χ1n) is 8.09. The van der Waals surface area contributed by atoms with Crippen molar-refractivity contribution in [1.82, 2.24) is 14.5 Å². The van der Waals surface area contributed by atoms with Crippen LogP contribution in [0.2, 0.25) is 0 Å². The molecule has 2 aromatic carbocycles.